The Labute approximate surface area is 178 Å². The van der Waals surface area contributed by atoms with Gasteiger partial charge in [0.05, 0.1) is 16.8 Å². The van der Waals surface area contributed by atoms with Gasteiger partial charge in [0.1, 0.15) is 15.8 Å². The van der Waals surface area contributed by atoms with Crippen LogP contribution in [-0.4, -0.2) is 17.5 Å². The molecule has 0 aliphatic rings. The van der Waals surface area contributed by atoms with E-state index in [9.17, 15) is 4.79 Å². The van der Waals surface area contributed by atoms with Crippen molar-refractivity contribution >= 4 is 43.8 Å². The number of thiazole rings is 1. The number of anilines is 1. The van der Waals surface area contributed by atoms with Crippen molar-refractivity contribution in [2.75, 3.05) is 11.9 Å². The normalized spacial score (nSPS) is 10.9. The van der Waals surface area contributed by atoms with Crippen molar-refractivity contribution in [1.82, 2.24) is 4.98 Å². The van der Waals surface area contributed by atoms with Crippen LogP contribution in [0.2, 0.25) is 0 Å². The Kier molecular flexibility index (Phi) is 6.22. The molecule has 0 fully saturated rings. The van der Waals surface area contributed by atoms with E-state index in [0.717, 1.165) is 50.8 Å². The van der Waals surface area contributed by atoms with Crippen molar-refractivity contribution in [3.63, 3.8) is 0 Å². The van der Waals surface area contributed by atoms with Gasteiger partial charge in [-0.15, -0.1) is 22.7 Å². The van der Waals surface area contributed by atoms with Gasteiger partial charge in [0.25, 0.3) is 5.91 Å². The highest BCUT2D eigenvalue weighted by molar-refractivity contribution is 7.22. The molecular weight excluding hydrogens is 400 g/mol. The van der Waals surface area contributed by atoms with Crippen LogP contribution in [-0.2, 0) is 0 Å². The molecule has 0 atom stereocenters. The number of para-hydroxylation sites is 1. The predicted octanol–water partition coefficient (Wildman–Crippen LogP) is 6.85. The zero-order chi connectivity index (χ0) is 20.1. The van der Waals surface area contributed by atoms with Crippen molar-refractivity contribution < 1.29 is 9.53 Å². The average Bonchev–Trinajstić information content (AvgIpc) is 3.37. The van der Waals surface area contributed by atoms with Gasteiger partial charge < -0.3 is 10.1 Å². The molecule has 0 aliphatic carbocycles. The van der Waals surface area contributed by atoms with Gasteiger partial charge in [0.2, 0.25) is 0 Å². The first kappa shape index (κ1) is 19.6. The highest BCUT2D eigenvalue weighted by Gasteiger charge is 2.15. The van der Waals surface area contributed by atoms with Crippen molar-refractivity contribution in [2.45, 2.75) is 26.2 Å². The molecule has 0 saturated carbocycles. The summed E-state index contributed by atoms with van der Waals surface area (Å²) in [5.74, 6) is 0.583. The van der Waals surface area contributed by atoms with Gasteiger partial charge in [-0.2, -0.15) is 0 Å². The number of rotatable bonds is 8. The van der Waals surface area contributed by atoms with Gasteiger partial charge in [-0.3, -0.25) is 4.79 Å². The molecule has 4 rings (SSSR count). The van der Waals surface area contributed by atoms with Crippen molar-refractivity contribution in [3.05, 3.63) is 65.5 Å². The topological polar surface area (TPSA) is 51.2 Å². The first-order valence-corrected chi connectivity index (χ1v) is 11.4. The summed E-state index contributed by atoms with van der Waals surface area (Å²) >= 11 is 3.14. The van der Waals surface area contributed by atoms with Crippen LogP contribution in [0, 0.1) is 0 Å². The number of hydrogen-bond acceptors (Lipinski definition) is 5. The lowest BCUT2D eigenvalue weighted by Gasteiger charge is -2.08. The maximum absolute atomic E-state index is 12.8. The number of amides is 1. The molecule has 0 aliphatic heterocycles. The van der Waals surface area contributed by atoms with Crippen LogP contribution < -0.4 is 10.1 Å². The number of carbonyl (C=O) groups is 1. The molecule has 4 aromatic rings. The molecule has 29 heavy (non-hydrogen) atoms. The van der Waals surface area contributed by atoms with Gasteiger partial charge in [-0.05, 0) is 48.2 Å². The standard InChI is InChI=1S/C23H22N2O2S2/c1-2-3-6-13-27-17-9-7-8-16(15-17)21(26)25-22-18(12-14-28-22)23-24-19-10-4-5-11-20(19)29-23/h4-5,7-12,14-15H,2-3,6,13H2,1H3,(H,25,26). The fraction of sp³-hybridized carbons (Fsp3) is 0.217. The number of nitrogens with zero attached hydrogens (tertiary/aromatic N) is 1. The molecular formula is C23H22N2O2S2. The highest BCUT2D eigenvalue weighted by atomic mass is 32.1. The van der Waals surface area contributed by atoms with E-state index in [1.807, 2.05) is 41.8 Å². The van der Waals surface area contributed by atoms with Crippen LogP contribution in [0.1, 0.15) is 36.5 Å². The highest BCUT2D eigenvalue weighted by Crippen LogP contribution is 2.37. The Bertz CT molecular complexity index is 1080. The Morgan fingerprint density at radius 1 is 1.10 bits per heavy atom. The fourth-order valence-electron chi connectivity index (χ4n) is 3.01. The number of fused-ring (bicyclic) bond motifs is 1. The van der Waals surface area contributed by atoms with Crippen LogP contribution in [0.15, 0.2) is 60.0 Å². The van der Waals surface area contributed by atoms with Gasteiger partial charge in [-0.1, -0.05) is 38.0 Å². The summed E-state index contributed by atoms with van der Waals surface area (Å²) in [6.45, 7) is 2.84. The van der Waals surface area contributed by atoms with E-state index >= 15 is 0 Å². The first-order chi connectivity index (χ1) is 14.2. The second-order valence-corrected chi connectivity index (χ2v) is 8.63. The lowest BCUT2D eigenvalue weighted by Crippen LogP contribution is -2.11. The largest absolute Gasteiger partial charge is 0.494 e. The molecule has 0 saturated heterocycles. The lowest BCUT2D eigenvalue weighted by atomic mass is 10.2. The zero-order valence-corrected chi connectivity index (χ0v) is 17.8. The van der Waals surface area contributed by atoms with E-state index < -0.39 is 0 Å². The maximum atomic E-state index is 12.8. The number of benzene rings is 2. The van der Waals surface area contributed by atoms with E-state index in [0.29, 0.717) is 12.2 Å². The lowest BCUT2D eigenvalue weighted by molar-refractivity contribution is 0.102. The number of carbonyl (C=O) groups excluding carboxylic acids is 1. The van der Waals surface area contributed by atoms with E-state index in [1.165, 1.54) is 11.3 Å². The van der Waals surface area contributed by atoms with E-state index in [1.54, 1.807) is 23.5 Å². The van der Waals surface area contributed by atoms with E-state index in [2.05, 4.69) is 18.3 Å². The van der Waals surface area contributed by atoms with E-state index in [4.69, 9.17) is 9.72 Å². The monoisotopic (exact) mass is 422 g/mol. The molecule has 4 nitrogen and oxygen atoms in total. The van der Waals surface area contributed by atoms with Crippen LogP contribution in [0.5, 0.6) is 5.75 Å². The van der Waals surface area contributed by atoms with Gasteiger partial charge in [0, 0.05) is 11.1 Å². The van der Waals surface area contributed by atoms with Gasteiger partial charge in [-0.25, -0.2) is 4.98 Å². The number of unbranched alkanes of at least 4 members (excludes halogenated alkanes) is 2. The minimum atomic E-state index is -0.145. The summed E-state index contributed by atoms with van der Waals surface area (Å²) in [6.07, 6.45) is 3.32. The summed E-state index contributed by atoms with van der Waals surface area (Å²) in [7, 11) is 0. The summed E-state index contributed by atoms with van der Waals surface area (Å²) in [5.41, 5.74) is 2.52. The van der Waals surface area contributed by atoms with Crippen molar-refractivity contribution in [1.29, 1.82) is 0 Å². The minimum Gasteiger partial charge on any atom is -0.494 e. The molecule has 0 bridgehead atoms. The summed E-state index contributed by atoms with van der Waals surface area (Å²) in [6, 6.07) is 17.4. The molecule has 0 radical (unpaired) electrons. The third kappa shape index (κ3) is 4.66. The number of nitrogens with one attached hydrogen (secondary N) is 1. The zero-order valence-electron chi connectivity index (χ0n) is 16.2. The van der Waals surface area contributed by atoms with Crippen molar-refractivity contribution in [2.24, 2.45) is 0 Å². The summed E-state index contributed by atoms with van der Waals surface area (Å²) < 4.78 is 6.91. The quantitative estimate of drug-likeness (QED) is 0.316. The number of hydrogen-bond donors (Lipinski definition) is 1. The number of aromatic nitrogens is 1. The summed E-state index contributed by atoms with van der Waals surface area (Å²) in [5, 5.41) is 6.74. The molecule has 148 valence electrons. The Hall–Kier alpha value is -2.70. The molecule has 2 aromatic carbocycles. The van der Waals surface area contributed by atoms with Gasteiger partial charge in [0.15, 0.2) is 0 Å². The summed E-state index contributed by atoms with van der Waals surface area (Å²) in [4.78, 5) is 17.5. The third-order valence-corrected chi connectivity index (χ3v) is 6.43. The average molecular weight is 423 g/mol. The van der Waals surface area contributed by atoms with Crippen LogP contribution >= 0.6 is 22.7 Å². The maximum Gasteiger partial charge on any atom is 0.256 e. The molecule has 0 spiro atoms. The molecule has 1 N–H and O–H groups in total. The molecule has 1 amide bonds. The van der Waals surface area contributed by atoms with Crippen LogP contribution in [0.4, 0.5) is 5.00 Å². The van der Waals surface area contributed by atoms with Crippen molar-refractivity contribution in [3.8, 4) is 16.3 Å². The minimum absolute atomic E-state index is 0.145. The van der Waals surface area contributed by atoms with Crippen LogP contribution in [0.3, 0.4) is 0 Å². The molecule has 0 unspecified atom stereocenters. The second-order valence-electron chi connectivity index (χ2n) is 6.69. The molecule has 2 aromatic heterocycles. The number of ether oxygens (including phenoxy) is 1. The van der Waals surface area contributed by atoms with Crippen LogP contribution in [0.25, 0.3) is 20.8 Å². The third-order valence-electron chi connectivity index (χ3n) is 4.53. The fourth-order valence-corrected chi connectivity index (χ4v) is 4.85. The second kappa shape index (κ2) is 9.20. The number of thiophene rings is 1. The Morgan fingerprint density at radius 2 is 2.00 bits per heavy atom. The molecule has 6 heteroatoms. The predicted molar refractivity (Wildman–Crippen MR) is 122 cm³/mol. The smallest absolute Gasteiger partial charge is 0.256 e. The Balaban J connectivity index is 1.49. The van der Waals surface area contributed by atoms with E-state index in [-0.39, 0.29) is 5.91 Å². The van der Waals surface area contributed by atoms with Gasteiger partial charge >= 0.3 is 0 Å². The Morgan fingerprint density at radius 3 is 2.86 bits per heavy atom. The first-order valence-electron chi connectivity index (χ1n) is 9.72. The SMILES string of the molecule is CCCCCOc1cccc(C(=O)Nc2sccc2-c2nc3ccccc3s2)c1. The molecule has 2 heterocycles.